The molecule has 4 rings (SSSR count). The van der Waals surface area contributed by atoms with Gasteiger partial charge < -0.3 is 10.8 Å². The first kappa shape index (κ1) is 46.8. The third-order valence-electron chi connectivity index (χ3n) is 5.49. The van der Waals surface area contributed by atoms with Gasteiger partial charge in [0.1, 0.15) is 21.2 Å². The van der Waals surface area contributed by atoms with Crippen LogP contribution in [0.3, 0.4) is 0 Å². The summed E-state index contributed by atoms with van der Waals surface area (Å²) >= 11 is 0. The van der Waals surface area contributed by atoms with Gasteiger partial charge in [0.2, 0.25) is 0 Å². The number of nitrogens with zero attached hydrogens (tertiary/aromatic N) is 4. The van der Waals surface area contributed by atoms with Gasteiger partial charge in [0.05, 0.1) is 21.2 Å². The Hall–Kier alpha value is -0.220. The van der Waals surface area contributed by atoms with Gasteiger partial charge in [-0.15, -0.1) is 10.2 Å². The molecule has 234 valence electrons. The van der Waals surface area contributed by atoms with Crippen LogP contribution in [-0.4, -0.2) is 57.0 Å². The van der Waals surface area contributed by atoms with Gasteiger partial charge in [-0.3, -0.25) is 18.2 Å². The summed E-state index contributed by atoms with van der Waals surface area (Å²) in [7, 11) is -19.3. The monoisotopic (exact) mass is 768 g/mol. The molecule has 0 heterocycles. The maximum atomic E-state index is 12.1. The van der Waals surface area contributed by atoms with Gasteiger partial charge in [0, 0.05) is 5.39 Å². The van der Waals surface area contributed by atoms with Crippen LogP contribution in [0.4, 0.5) is 22.7 Å². The van der Waals surface area contributed by atoms with Gasteiger partial charge >= 0.3 is 118 Å². The maximum absolute atomic E-state index is 12.1. The van der Waals surface area contributed by atoms with Gasteiger partial charge in [0.25, 0.3) is 40.5 Å². The smallest absolute Gasteiger partial charge is 1.00 e. The van der Waals surface area contributed by atoms with E-state index in [0.29, 0.717) is 6.07 Å². The van der Waals surface area contributed by atoms with Crippen molar-refractivity contribution in [3.63, 3.8) is 0 Å². The van der Waals surface area contributed by atoms with Gasteiger partial charge in [-0.1, -0.05) is 6.07 Å². The Balaban J connectivity index is -0.000000882. The first-order valence-electron chi connectivity index (χ1n) is 11.0. The minimum atomic E-state index is -5.12. The molecule has 25 heteroatoms. The van der Waals surface area contributed by atoms with Gasteiger partial charge in [-0.25, -0.2) is 0 Å². The molecule has 5 N–H and O–H groups in total. The summed E-state index contributed by atoms with van der Waals surface area (Å²) in [4.78, 5) is -3.05. The molecule has 0 saturated carbocycles. The Morgan fingerprint density at radius 3 is 1.49 bits per heavy atom. The molecule has 4 aromatic carbocycles. The number of rotatable bonds is 8. The number of aromatic hydroxyl groups is 1. The molecule has 0 aromatic heterocycles. The van der Waals surface area contributed by atoms with Gasteiger partial charge in [0.15, 0.2) is 5.75 Å². The normalized spacial score (nSPS) is 12.2. The van der Waals surface area contributed by atoms with E-state index >= 15 is 0 Å². The van der Waals surface area contributed by atoms with Crippen LogP contribution < -0.4 is 118 Å². The van der Waals surface area contributed by atoms with Gasteiger partial charge in [-0.2, -0.15) is 43.9 Å². The van der Waals surface area contributed by atoms with E-state index in [0.717, 1.165) is 42.5 Å². The quantitative estimate of drug-likeness (QED) is 0.0634. The molecular formula is C22H20N4Na4O13S4. The average Bonchev–Trinajstić information content (AvgIpc) is 2.89. The first-order valence-corrected chi connectivity index (χ1v) is 16.8. The van der Waals surface area contributed by atoms with E-state index < -0.39 is 77.2 Å². The average molecular weight is 769 g/mol. The summed E-state index contributed by atoms with van der Waals surface area (Å²) in [6, 6.07) is 10.9. The van der Waals surface area contributed by atoms with E-state index in [2.05, 4.69) is 20.5 Å². The van der Waals surface area contributed by atoms with Crippen molar-refractivity contribution < 1.29 is 181 Å². The van der Waals surface area contributed by atoms with Crippen molar-refractivity contribution in [1.82, 2.24) is 0 Å². The zero-order valence-electron chi connectivity index (χ0n) is 28.8. The second-order valence-corrected chi connectivity index (χ2v) is 14.0. The molecule has 0 aliphatic rings. The molecule has 0 fully saturated rings. The predicted molar refractivity (Wildman–Crippen MR) is 151 cm³/mol. The number of benzene rings is 4. The molecule has 0 radical (unpaired) electrons. The van der Waals surface area contributed by atoms with Crippen LogP contribution >= 0.6 is 0 Å². The van der Waals surface area contributed by atoms with Crippen molar-refractivity contribution in [3.05, 3.63) is 66.7 Å². The van der Waals surface area contributed by atoms with Crippen molar-refractivity contribution >= 4 is 74.0 Å². The topological polar surface area (TPSA) is 287 Å². The van der Waals surface area contributed by atoms with E-state index in [1.165, 1.54) is 18.2 Å². The van der Waals surface area contributed by atoms with Crippen molar-refractivity contribution in [2.75, 3.05) is 0 Å². The number of hydrogen-bond acceptors (Lipinski definition) is 13. The van der Waals surface area contributed by atoms with Crippen LogP contribution in [0.2, 0.25) is 0 Å². The number of fused-ring (bicyclic) bond motifs is 1. The minimum Gasteiger partial charge on any atom is -1.00 e. The number of azo groups is 2. The Labute approximate surface area is 362 Å². The minimum absolute atomic E-state index is 0. The molecule has 0 saturated heterocycles. The van der Waals surface area contributed by atoms with E-state index in [1.54, 1.807) is 0 Å². The fourth-order valence-corrected chi connectivity index (χ4v) is 5.80. The molecule has 0 spiro atoms. The van der Waals surface area contributed by atoms with E-state index in [9.17, 15) is 52.4 Å². The zero-order valence-corrected chi connectivity index (χ0v) is 36.0. The fraction of sp³-hybridized carbons (Fsp3) is 0. The third-order valence-corrected chi connectivity index (χ3v) is 8.96. The number of phenolic OH excluding ortho intramolecular Hbond substituents is 1. The zero-order chi connectivity index (χ0) is 32.0. The summed E-state index contributed by atoms with van der Waals surface area (Å²) in [6.07, 6.45) is 0. The molecule has 0 bridgehead atoms. The van der Waals surface area contributed by atoms with Crippen LogP contribution in [0.5, 0.6) is 5.75 Å². The van der Waals surface area contributed by atoms with E-state index in [1.807, 2.05) is 0 Å². The molecule has 0 unspecified atom stereocenters. The van der Waals surface area contributed by atoms with Gasteiger partial charge in [-0.05, 0) is 66.0 Å². The van der Waals surface area contributed by atoms with Crippen molar-refractivity contribution in [3.8, 4) is 5.75 Å². The largest absolute Gasteiger partial charge is 1.00 e. The van der Waals surface area contributed by atoms with Crippen molar-refractivity contribution in [2.45, 2.75) is 19.6 Å². The Bertz CT molecular complexity index is 2330. The summed E-state index contributed by atoms with van der Waals surface area (Å²) in [6.45, 7) is 0. The summed E-state index contributed by atoms with van der Waals surface area (Å²) in [5.41, 5.74) is -1.25. The van der Waals surface area contributed by atoms with Crippen LogP contribution in [0.25, 0.3) is 10.8 Å². The van der Waals surface area contributed by atoms with Crippen LogP contribution in [-0.2, 0) is 40.5 Å². The van der Waals surface area contributed by atoms with Crippen LogP contribution in [0.1, 0.15) is 5.71 Å². The summed E-state index contributed by atoms with van der Waals surface area (Å²) in [5.74, 6) is -1.14. The van der Waals surface area contributed by atoms with E-state index in [4.69, 9.17) is 4.55 Å². The molecule has 4 aromatic rings. The summed E-state index contributed by atoms with van der Waals surface area (Å²) in [5, 5.41) is 25.1. The molecule has 0 aliphatic carbocycles. The van der Waals surface area contributed by atoms with Crippen molar-refractivity contribution in [2.24, 2.45) is 20.5 Å². The third kappa shape index (κ3) is 11.9. The molecule has 17 nitrogen and oxygen atoms in total. The Kier molecular flexibility index (Phi) is 17.7. The molecule has 47 heavy (non-hydrogen) atoms. The SMILES string of the molecule is O=S(=O)(O)c1ccc(N=Nc2ccc(N=Nc3c(O)c(S(=O)(=O)O)cc4cc(S(=O)(=O)O)ccc34)c(S(=O)(=O)O)c2)cc1.[H-].[H-].[H-].[H-].[Na+].[Na+].[Na+].[Na+]. The standard InChI is InChI=1S/C22H16N4O13S4.4Na.4H/c27-22-20(43(37,38)39)10-12-9-16(41(31,32)33)6-7-17(12)21(22)26-25-18-8-3-14(11-19(18)42(34,35)36)24-23-13-1-4-15(5-2-13)40(28,29)30;;;;;;;;/h1-11,27H,(H,28,29,30)(H,31,32,33)(H,34,35,36)(H,37,38,39);;;;;;;;/q;4*+1;4*-1. The van der Waals surface area contributed by atoms with Crippen LogP contribution in [0, 0.1) is 0 Å². The predicted octanol–water partition coefficient (Wildman–Crippen LogP) is -7.17. The summed E-state index contributed by atoms with van der Waals surface area (Å²) < 4.78 is 131. The first-order chi connectivity index (χ1) is 19.7. The Morgan fingerprint density at radius 1 is 0.489 bits per heavy atom. The van der Waals surface area contributed by atoms with Crippen molar-refractivity contribution in [1.29, 1.82) is 0 Å². The maximum Gasteiger partial charge on any atom is 1.00 e. The molecular weight excluding hydrogens is 748 g/mol. The molecule has 0 aliphatic heterocycles. The second kappa shape index (κ2) is 17.8. The second-order valence-electron chi connectivity index (χ2n) is 8.40. The number of phenols is 1. The molecule has 0 atom stereocenters. The fourth-order valence-electron chi connectivity index (χ4n) is 3.55. The molecule has 0 amide bonds. The Morgan fingerprint density at radius 2 is 0.979 bits per heavy atom. The van der Waals surface area contributed by atoms with E-state index in [-0.39, 0.29) is 146 Å². The van der Waals surface area contributed by atoms with Crippen LogP contribution in [0.15, 0.2) is 107 Å². The number of hydrogen-bond donors (Lipinski definition) is 5.